The second kappa shape index (κ2) is 11.1. The maximum absolute atomic E-state index is 12.2. The largest absolute Gasteiger partial charge is 0.481 e. The molecule has 0 unspecified atom stereocenters. The molecule has 0 spiro atoms. The average molecular weight is 463 g/mol. The first-order valence-corrected chi connectivity index (χ1v) is 10.5. The van der Waals surface area contributed by atoms with Crippen molar-refractivity contribution in [2.45, 2.75) is 12.8 Å². The molecule has 33 heavy (non-hydrogen) atoms. The van der Waals surface area contributed by atoms with Crippen molar-refractivity contribution in [3.8, 4) is 0 Å². The molecule has 0 aliphatic heterocycles. The van der Waals surface area contributed by atoms with Crippen molar-refractivity contribution in [3.05, 3.63) is 101 Å². The van der Waals surface area contributed by atoms with E-state index in [0.717, 1.165) is 11.1 Å². The summed E-state index contributed by atoms with van der Waals surface area (Å²) < 4.78 is 0. The molecular formula is C25H23ClN4O3. The molecule has 2 N–H and O–H groups in total. The van der Waals surface area contributed by atoms with Crippen molar-refractivity contribution >= 4 is 41.1 Å². The molecule has 0 radical (unpaired) electrons. The summed E-state index contributed by atoms with van der Waals surface area (Å²) in [6.45, 7) is 3.71. The van der Waals surface area contributed by atoms with Crippen LogP contribution in [0.25, 0.3) is 6.08 Å². The predicted octanol–water partition coefficient (Wildman–Crippen LogP) is 4.58. The zero-order valence-electron chi connectivity index (χ0n) is 18.0. The highest BCUT2D eigenvalue weighted by Gasteiger charge is 2.13. The molecular weight excluding hydrogens is 440 g/mol. The Morgan fingerprint density at radius 2 is 1.85 bits per heavy atom. The number of hydrogen-bond donors (Lipinski definition) is 2. The fraction of sp³-hybridized carbons (Fsp3) is 0.120. The van der Waals surface area contributed by atoms with Gasteiger partial charge in [0.25, 0.3) is 0 Å². The third-order valence-corrected chi connectivity index (χ3v) is 4.97. The highest BCUT2D eigenvalue weighted by Crippen LogP contribution is 2.19. The summed E-state index contributed by atoms with van der Waals surface area (Å²) in [7, 11) is 1.75. The maximum atomic E-state index is 12.2. The van der Waals surface area contributed by atoms with E-state index in [1.807, 2.05) is 24.3 Å². The normalized spacial score (nSPS) is 10.7. The summed E-state index contributed by atoms with van der Waals surface area (Å²) in [6, 6.07) is 14.6. The second-order valence-electron chi connectivity index (χ2n) is 7.25. The number of amides is 1. The highest BCUT2D eigenvalue weighted by atomic mass is 35.5. The minimum atomic E-state index is -0.953. The van der Waals surface area contributed by atoms with Crippen molar-refractivity contribution in [1.29, 1.82) is 0 Å². The van der Waals surface area contributed by atoms with Crippen LogP contribution in [0.3, 0.4) is 0 Å². The molecule has 0 saturated carbocycles. The number of nitrogens with one attached hydrogen (secondary N) is 1. The van der Waals surface area contributed by atoms with E-state index < -0.39 is 5.97 Å². The number of carbonyl (C=O) groups is 2. The van der Waals surface area contributed by atoms with E-state index in [4.69, 9.17) is 16.7 Å². The fourth-order valence-electron chi connectivity index (χ4n) is 3.02. The van der Waals surface area contributed by atoms with E-state index in [0.29, 0.717) is 34.3 Å². The molecule has 0 aliphatic rings. The number of aromatic nitrogens is 2. The molecule has 0 fully saturated rings. The third-order valence-electron chi connectivity index (χ3n) is 4.72. The number of hydrogen-bond acceptors (Lipinski definition) is 5. The summed E-state index contributed by atoms with van der Waals surface area (Å²) in [5.41, 5.74) is 3.00. The minimum Gasteiger partial charge on any atom is -0.481 e. The van der Waals surface area contributed by atoms with Gasteiger partial charge in [0.15, 0.2) is 0 Å². The Balaban J connectivity index is 1.65. The number of carboxylic acids is 1. The average Bonchev–Trinajstić information content (AvgIpc) is 2.80. The summed E-state index contributed by atoms with van der Waals surface area (Å²) >= 11 is 5.86. The molecule has 8 heteroatoms. The third kappa shape index (κ3) is 7.02. The lowest BCUT2D eigenvalue weighted by Crippen LogP contribution is -2.16. The molecule has 3 aromatic rings. The minimum absolute atomic E-state index is 0.172. The van der Waals surface area contributed by atoms with Gasteiger partial charge in [-0.05, 0) is 47.7 Å². The van der Waals surface area contributed by atoms with Gasteiger partial charge in [0.1, 0.15) is 11.6 Å². The standard InChI is InChI=1S/C25H23ClN4O3/c1-3-30(2)25-19(15-24(32)33)16-27-22(29-25)14-18-6-11-21(12-7-18)28-23(31)13-8-17-4-9-20(26)10-5-17/h3-13,16H,1,14-15H2,2H3,(H,28,31)(H,32,33)/b13-8+. The Bertz CT molecular complexity index is 1180. The summed E-state index contributed by atoms with van der Waals surface area (Å²) in [5.74, 6) is -0.137. The number of rotatable bonds is 9. The van der Waals surface area contributed by atoms with Gasteiger partial charge >= 0.3 is 5.97 Å². The van der Waals surface area contributed by atoms with Crippen molar-refractivity contribution in [2.75, 3.05) is 17.3 Å². The van der Waals surface area contributed by atoms with E-state index in [1.165, 1.54) is 12.3 Å². The Kier molecular flexibility index (Phi) is 7.94. The Hall–Kier alpha value is -3.97. The van der Waals surface area contributed by atoms with E-state index >= 15 is 0 Å². The van der Waals surface area contributed by atoms with E-state index in [1.54, 1.807) is 48.5 Å². The van der Waals surface area contributed by atoms with Crippen molar-refractivity contribution < 1.29 is 14.7 Å². The zero-order valence-corrected chi connectivity index (χ0v) is 18.8. The van der Waals surface area contributed by atoms with Crippen molar-refractivity contribution in [2.24, 2.45) is 0 Å². The number of anilines is 2. The molecule has 0 atom stereocenters. The monoisotopic (exact) mass is 462 g/mol. The van der Waals surface area contributed by atoms with Crippen LogP contribution in [0.4, 0.5) is 11.5 Å². The van der Waals surface area contributed by atoms with Gasteiger partial charge in [0.05, 0.1) is 6.42 Å². The molecule has 1 heterocycles. The van der Waals surface area contributed by atoms with E-state index in [-0.39, 0.29) is 12.3 Å². The van der Waals surface area contributed by atoms with E-state index in [2.05, 4.69) is 21.9 Å². The molecule has 1 aromatic heterocycles. The molecule has 0 saturated heterocycles. The Morgan fingerprint density at radius 1 is 1.15 bits per heavy atom. The smallest absolute Gasteiger partial charge is 0.308 e. The number of carbonyl (C=O) groups excluding carboxylic acids is 1. The predicted molar refractivity (Wildman–Crippen MR) is 130 cm³/mol. The SMILES string of the molecule is C=CN(C)c1nc(Cc2ccc(NC(=O)/C=C/c3ccc(Cl)cc3)cc2)ncc1CC(=O)O. The van der Waals surface area contributed by atoms with Crippen LogP contribution in [-0.2, 0) is 22.4 Å². The molecule has 1 amide bonds. The lowest BCUT2D eigenvalue weighted by molar-refractivity contribution is -0.136. The number of carboxylic acid groups (broad SMARTS) is 1. The lowest BCUT2D eigenvalue weighted by Gasteiger charge is -2.16. The van der Waals surface area contributed by atoms with Gasteiger partial charge in [-0.25, -0.2) is 9.97 Å². The van der Waals surface area contributed by atoms with E-state index in [9.17, 15) is 9.59 Å². The van der Waals surface area contributed by atoms with Crippen LogP contribution in [0.15, 0.2) is 73.6 Å². The Labute approximate surface area is 197 Å². The van der Waals surface area contributed by atoms with Crippen LogP contribution in [-0.4, -0.2) is 34.0 Å². The van der Waals surface area contributed by atoms with Crippen molar-refractivity contribution in [1.82, 2.24) is 9.97 Å². The number of nitrogens with zero attached hydrogens (tertiary/aromatic N) is 3. The quantitative estimate of drug-likeness (QED) is 0.452. The second-order valence-corrected chi connectivity index (χ2v) is 7.68. The summed E-state index contributed by atoms with van der Waals surface area (Å²) in [6.07, 6.45) is 6.55. The number of aliphatic carboxylic acids is 1. The van der Waals surface area contributed by atoms with Gasteiger partial charge < -0.3 is 15.3 Å². The van der Waals surface area contributed by atoms with Gasteiger partial charge in [-0.15, -0.1) is 0 Å². The number of benzene rings is 2. The Morgan fingerprint density at radius 3 is 2.48 bits per heavy atom. The molecule has 2 aromatic carbocycles. The molecule has 168 valence electrons. The lowest BCUT2D eigenvalue weighted by atomic mass is 10.1. The molecule has 7 nitrogen and oxygen atoms in total. The van der Waals surface area contributed by atoms with Crippen LogP contribution < -0.4 is 10.2 Å². The van der Waals surface area contributed by atoms with Crippen LogP contribution in [0.5, 0.6) is 0 Å². The fourth-order valence-corrected chi connectivity index (χ4v) is 3.14. The van der Waals surface area contributed by atoms with Crippen LogP contribution in [0, 0.1) is 0 Å². The van der Waals surface area contributed by atoms with Gasteiger partial charge in [-0.3, -0.25) is 9.59 Å². The first-order valence-electron chi connectivity index (χ1n) is 10.1. The van der Waals surface area contributed by atoms with Crippen LogP contribution >= 0.6 is 11.6 Å². The van der Waals surface area contributed by atoms with Gasteiger partial charge in [-0.1, -0.05) is 42.4 Å². The highest BCUT2D eigenvalue weighted by molar-refractivity contribution is 6.30. The maximum Gasteiger partial charge on any atom is 0.308 e. The van der Waals surface area contributed by atoms with Gasteiger partial charge in [-0.2, -0.15) is 0 Å². The number of halogens is 1. The van der Waals surface area contributed by atoms with Crippen LogP contribution in [0.2, 0.25) is 5.02 Å². The first-order chi connectivity index (χ1) is 15.8. The van der Waals surface area contributed by atoms with Gasteiger partial charge in [0, 0.05) is 42.0 Å². The van der Waals surface area contributed by atoms with Crippen molar-refractivity contribution in [3.63, 3.8) is 0 Å². The summed E-state index contributed by atoms with van der Waals surface area (Å²) in [4.78, 5) is 33.8. The topological polar surface area (TPSA) is 95.4 Å². The van der Waals surface area contributed by atoms with Crippen LogP contribution in [0.1, 0.15) is 22.5 Å². The summed E-state index contributed by atoms with van der Waals surface area (Å²) in [5, 5.41) is 12.6. The molecule has 3 rings (SSSR count). The molecule has 0 aliphatic carbocycles. The zero-order chi connectivity index (χ0) is 23.8. The molecule has 0 bridgehead atoms. The van der Waals surface area contributed by atoms with Gasteiger partial charge in [0.2, 0.25) is 5.91 Å². The first kappa shape index (κ1) is 23.7.